The molecule has 2 aliphatic carbocycles. The quantitative estimate of drug-likeness (QED) is 0.388. The molecule has 4 nitrogen and oxygen atoms in total. The van der Waals surface area contributed by atoms with Crippen LogP contribution in [0.5, 0.6) is 5.75 Å². The van der Waals surface area contributed by atoms with Crippen LogP contribution in [0.3, 0.4) is 0 Å². The van der Waals surface area contributed by atoms with E-state index >= 15 is 0 Å². The molecule has 0 aliphatic heterocycles. The molecule has 4 rings (SSSR count). The fourth-order valence-corrected chi connectivity index (χ4v) is 4.59. The fourth-order valence-electron chi connectivity index (χ4n) is 4.59. The van der Waals surface area contributed by atoms with Crippen LogP contribution in [-0.2, 0) is 6.61 Å². The molecule has 2 aromatic rings. The highest BCUT2D eigenvalue weighted by Gasteiger charge is 2.30. The maximum absolute atomic E-state index is 12.5. The Morgan fingerprint density at radius 1 is 0.879 bits per heavy atom. The summed E-state index contributed by atoms with van der Waals surface area (Å²) in [5.41, 5.74) is 8.12. The molecular weight excluding hydrogens is 412 g/mol. The standard InChI is InChI=1S/C29H30O4/c1-16(2)21-10-11-23-18(4)13-24(26(23)19(5)12-21)27(20-8-6-17(3)7-9-20)29-28(32)25(31)14-22(15-30)33-29/h6-14,16,27,30,32H,15H2,1-5H3. The first-order valence-electron chi connectivity index (χ1n) is 11.3. The summed E-state index contributed by atoms with van der Waals surface area (Å²) < 4.78 is 5.92. The Kier molecular flexibility index (Phi) is 6.13. The molecule has 0 fully saturated rings. The molecule has 1 atom stereocenters. The van der Waals surface area contributed by atoms with Gasteiger partial charge >= 0.3 is 0 Å². The topological polar surface area (TPSA) is 70.7 Å². The van der Waals surface area contributed by atoms with Gasteiger partial charge in [-0.25, -0.2) is 0 Å². The third-order valence-corrected chi connectivity index (χ3v) is 6.38. The molecule has 33 heavy (non-hydrogen) atoms. The van der Waals surface area contributed by atoms with Crippen LogP contribution >= 0.6 is 0 Å². The van der Waals surface area contributed by atoms with E-state index in [1.807, 2.05) is 31.2 Å². The van der Waals surface area contributed by atoms with Crippen LogP contribution in [0.25, 0.3) is 11.1 Å². The number of aryl methyl sites for hydroxylation is 3. The average Bonchev–Trinajstić information content (AvgIpc) is 2.99. The molecule has 0 bridgehead atoms. The maximum atomic E-state index is 12.5. The Morgan fingerprint density at radius 3 is 2.18 bits per heavy atom. The SMILES string of the molecule is Cc1ccc(C(c2cc(C)c3ccc(C(C)C)cc(C)c2-3)c2oc(CO)cc(=O)c2O)cc1. The second-order valence-electron chi connectivity index (χ2n) is 9.18. The fraction of sp³-hybridized carbons (Fsp3) is 0.276. The molecule has 0 saturated heterocycles. The monoisotopic (exact) mass is 442 g/mol. The lowest BCUT2D eigenvalue weighted by atomic mass is 9.85. The molecular formula is C29H30O4. The van der Waals surface area contributed by atoms with E-state index in [4.69, 9.17) is 4.42 Å². The van der Waals surface area contributed by atoms with Crippen molar-refractivity contribution in [3.05, 3.63) is 110 Å². The first kappa shape index (κ1) is 22.8. The summed E-state index contributed by atoms with van der Waals surface area (Å²) in [6.07, 6.45) is 0. The normalized spacial score (nSPS) is 12.5. The highest BCUT2D eigenvalue weighted by Crippen LogP contribution is 2.45. The Balaban J connectivity index is 2.08. The van der Waals surface area contributed by atoms with Crippen molar-refractivity contribution in [2.45, 2.75) is 53.1 Å². The number of rotatable bonds is 5. The molecule has 0 amide bonds. The predicted molar refractivity (Wildman–Crippen MR) is 131 cm³/mol. The van der Waals surface area contributed by atoms with Crippen molar-refractivity contribution < 1.29 is 14.6 Å². The number of hydrogen-bond acceptors (Lipinski definition) is 4. The molecule has 1 unspecified atom stereocenters. The van der Waals surface area contributed by atoms with E-state index in [1.165, 1.54) is 5.56 Å². The number of aliphatic hydroxyl groups is 1. The van der Waals surface area contributed by atoms with Gasteiger partial charge in [-0.1, -0.05) is 67.9 Å². The van der Waals surface area contributed by atoms with Gasteiger partial charge in [0.25, 0.3) is 0 Å². The zero-order valence-corrected chi connectivity index (χ0v) is 19.8. The van der Waals surface area contributed by atoms with Crippen molar-refractivity contribution in [1.29, 1.82) is 0 Å². The van der Waals surface area contributed by atoms with E-state index < -0.39 is 23.7 Å². The van der Waals surface area contributed by atoms with E-state index in [1.54, 1.807) is 0 Å². The molecule has 1 heterocycles. The van der Waals surface area contributed by atoms with E-state index in [0.29, 0.717) is 5.92 Å². The summed E-state index contributed by atoms with van der Waals surface area (Å²) in [5.74, 6) is -0.269. The van der Waals surface area contributed by atoms with Gasteiger partial charge in [0, 0.05) is 6.07 Å². The number of aliphatic hydroxyl groups excluding tert-OH is 1. The molecule has 170 valence electrons. The van der Waals surface area contributed by atoms with Gasteiger partial charge in [-0.2, -0.15) is 0 Å². The third kappa shape index (κ3) is 4.19. The maximum Gasteiger partial charge on any atom is 0.227 e. The number of benzene rings is 1. The molecule has 0 spiro atoms. The van der Waals surface area contributed by atoms with Crippen LogP contribution in [0.15, 0.2) is 63.8 Å². The van der Waals surface area contributed by atoms with Gasteiger partial charge in [0.2, 0.25) is 11.2 Å². The lowest BCUT2D eigenvalue weighted by molar-refractivity contribution is 0.235. The van der Waals surface area contributed by atoms with Crippen molar-refractivity contribution in [3.8, 4) is 16.9 Å². The average molecular weight is 443 g/mol. The zero-order valence-electron chi connectivity index (χ0n) is 19.8. The molecule has 4 heteroatoms. The molecule has 1 aromatic carbocycles. The molecule has 0 radical (unpaired) electrons. The lowest BCUT2D eigenvalue weighted by Crippen LogP contribution is -2.11. The second kappa shape index (κ2) is 8.87. The van der Waals surface area contributed by atoms with Gasteiger partial charge in [0.05, 0.1) is 5.92 Å². The molecule has 0 saturated carbocycles. The van der Waals surface area contributed by atoms with Crippen LogP contribution in [-0.4, -0.2) is 10.2 Å². The van der Waals surface area contributed by atoms with Gasteiger partial charge < -0.3 is 14.6 Å². The summed E-state index contributed by atoms with van der Waals surface area (Å²) >= 11 is 0. The van der Waals surface area contributed by atoms with Crippen molar-refractivity contribution in [1.82, 2.24) is 0 Å². The van der Waals surface area contributed by atoms with Crippen LogP contribution < -0.4 is 5.43 Å². The smallest absolute Gasteiger partial charge is 0.227 e. The number of fused-ring (bicyclic) bond motifs is 1. The van der Waals surface area contributed by atoms with Crippen molar-refractivity contribution >= 4 is 0 Å². The van der Waals surface area contributed by atoms with E-state index in [-0.39, 0.29) is 11.5 Å². The Morgan fingerprint density at radius 2 is 1.55 bits per heavy atom. The minimum atomic E-state index is -0.561. The summed E-state index contributed by atoms with van der Waals surface area (Å²) in [4.78, 5) is 12.5. The van der Waals surface area contributed by atoms with Gasteiger partial charge in [0.1, 0.15) is 12.4 Å². The van der Waals surface area contributed by atoms with Crippen LogP contribution in [0, 0.1) is 20.8 Å². The van der Waals surface area contributed by atoms with E-state index in [0.717, 1.165) is 45.0 Å². The highest BCUT2D eigenvalue weighted by molar-refractivity contribution is 5.79. The molecule has 1 aromatic heterocycles. The highest BCUT2D eigenvalue weighted by atomic mass is 16.4. The second-order valence-corrected chi connectivity index (χ2v) is 9.18. The van der Waals surface area contributed by atoms with E-state index in [9.17, 15) is 15.0 Å². The first-order valence-corrected chi connectivity index (χ1v) is 11.3. The lowest BCUT2D eigenvalue weighted by Gasteiger charge is -2.20. The largest absolute Gasteiger partial charge is 0.502 e. The Labute approximate surface area is 194 Å². The van der Waals surface area contributed by atoms with Crippen LogP contribution in [0.4, 0.5) is 0 Å². The number of hydrogen-bond donors (Lipinski definition) is 2. The third-order valence-electron chi connectivity index (χ3n) is 6.38. The van der Waals surface area contributed by atoms with E-state index in [2.05, 4.69) is 52.0 Å². The Hall–Kier alpha value is -3.37. The summed E-state index contributed by atoms with van der Waals surface area (Å²) in [7, 11) is 0. The van der Waals surface area contributed by atoms with Gasteiger partial charge in [-0.05, 0) is 65.6 Å². The van der Waals surface area contributed by atoms with Crippen molar-refractivity contribution in [2.24, 2.45) is 0 Å². The minimum absolute atomic E-state index is 0.127. The first-order chi connectivity index (χ1) is 15.7. The summed E-state index contributed by atoms with van der Waals surface area (Å²) in [6.45, 7) is 10.1. The molecule has 2 aliphatic rings. The predicted octanol–water partition coefficient (Wildman–Crippen LogP) is 6.17. The van der Waals surface area contributed by atoms with Crippen molar-refractivity contribution in [2.75, 3.05) is 0 Å². The summed E-state index contributed by atoms with van der Waals surface area (Å²) in [5, 5.41) is 20.4. The van der Waals surface area contributed by atoms with Gasteiger partial charge in [-0.3, -0.25) is 4.79 Å². The Bertz CT molecular complexity index is 1330. The summed E-state index contributed by atoms with van der Waals surface area (Å²) in [6, 6.07) is 17.8. The number of aromatic hydroxyl groups is 1. The zero-order chi connectivity index (χ0) is 23.9. The van der Waals surface area contributed by atoms with Gasteiger partial charge in [0.15, 0.2) is 5.76 Å². The molecule has 2 N–H and O–H groups in total. The minimum Gasteiger partial charge on any atom is -0.502 e. The van der Waals surface area contributed by atoms with Crippen molar-refractivity contribution in [3.63, 3.8) is 0 Å². The van der Waals surface area contributed by atoms with Gasteiger partial charge in [-0.15, -0.1) is 0 Å². The van der Waals surface area contributed by atoms with Crippen LogP contribution in [0.2, 0.25) is 0 Å². The van der Waals surface area contributed by atoms with Crippen LogP contribution in [0.1, 0.15) is 70.6 Å².